The Balaban J connectivity index is 0.000000257. The molecule has 0 radical (unpaired) electrons. The number of urea groups is 1. The van der Waals surface area contributed by atoms with Crippen molar-refractivity contribution in [2.45, 2.75) is 43.1 Å². The molecule has 0 bridgehead atoms. The Morgan fingerprint density at radius 1 is 0.947 bits per heavy atom. The summed E-state index contributed by atoms with van der Waals surface area (Å²) < 4.78 is 108. The van der Waals surface area contributed by atoms with Gasteiger partial charge in [-0.1, -0.05) is 24.6 Å². The molecular formula is C32H32ClF3N8O11S2. The number of hydrogen-bond donors (Lipinski definition) is 2. The molecule has 2 N–H and O–H groups in total. The Hall–Kier alpha value is -6.01. The fourth-order valence-electron chi connectivity index (χ4n) is 4.72. The van der Waals surface area contributed by atoms with Crippen LogP contribution in [0.1, 0.15) is 36.8 Å². The molecule has 5 rings (SSSR count). The lowest BCUT2D eigenvalue weighted by Crippen LogP contribution is -2.40. The Kier molecular flexibility index (Phi) is 13.0. The number of rotatable bonds is 10. The van der Waals surface area contributed by atoms with Crippen LogP contribution in [0.2, 0.25) is 5.02 Å². The topological polar surface area (TPSA) is 241 Å². The molecule has 0 spiro atoms. The van der Waals surface area contributed by atoms with Crippen LogP contribution in [0.5, 0.6) is 11.8 Å². The summed E-state index contributed by atoms with van der Waals surface area (Å²) in [5.74, 6) is -1.36. The average molecular weight is 861 g/mol. The molecule has 0 saturated heterocycles. The Morgan fingerprint density at radius 2 is 1.58 bits per heavy atom. The van der Waals surface area contributed by atoms with Gasteiger partial charge >= 0.3 is 23.9 Å². The molecule has 2 amide bonds. The molecule has 19 nitrogen and oxygen atoms in total. The molecule has 0 unspecified atom stereocenters. The highest BCUT2D eigenvalue weighted by molar-refractivity contribution is 7.93. The number of imidazole rings is 1. The van der Waals surface area contributed by atoms with E-state index in [2.05, 4.69) is 20.3 Å². The highest BCUT2D eigenvalue weighted by Gasteiger charge is 2.36. The van der Waals surface area contributed by atoms with Crippen molar-refractivity contribution in [1.82, 2.24) is 33.2 Å². The molecule has 25 heteroatoms. The van der Waals surface area contributed by atoms with Crippen molar-refractivity contribution in [2.75, 3.05) is 25.3 Å². The monoisotopic (exact) mass is 860 g/mol. The summed E-state index contributed by atoms with van der Waals surface area (Å²) in [5.41, 5.74) is -3.93. The van der Waals surface area contributed by atoms with E-state index in [0.29, 0.717) is 15.2 Å². The van der Waals surface area contributed by atoms with Crippen molar-refractivity contribution >= 4 is 55.1 Å². The van der Waals surface area contributed by atoms with Crippen molar-refractivity contribution < 1.29 is 53.8 Å². The summed E-state index contributed by atoms with van der Waals surface area (Å²) >= 11 is 5.94. The second kappa shape index (κ2) is 17.0. The number of carbonyl (C=O) groups is 2. The quantitative estimate of drug-likeness (QED) is 0.192. The van der Waals surface area contributed by atoms with Gasteiger partial charge in [0.25, 0.3) is 15.6 Å². The van der Waals surface area contributed by atoms with Gasteiger partial charge in [0, 0.05) is 19.3 Å². The predicted molar refractivity (Wildman–Crippen MR) is 195 cm³/mol. The van der Waals surface area contributed by atoms with Crippen LogP contribution in [0.3, 0.4) is 0 Å². The number of aromatic nitrogens is 6. The second-order valence-electron chi connectivity index (χ2n) is 11.6. The van der Waals surface area contributed by atoms with Crippen LogP contribution in [0, 0.1) is 0 Å². The minimum absolute atomic E-state index is 0.0104. The summed E-state index contributed by atoms with van der Waals surface area (Å²) in [6, 6.07) is 8.51. The number of nitrogens with one attached hydrogen (secondary N) is 2. The van der Waals surface area contributed by atoms with Gasteiger partial charge in [-0.05, 0) is 44.2 Å². The van der Waals surface area contributed by atoms with Crippen LogP contribution in [-0.2, 0) is 37.8 Å². The number of sulfonamides is 1. The molecule has 4 heterocycles. The van der Waals surface area contributed by atoms with Crippen LogP contribution in [-0.4, -0.2) is 83.4 Å². The van der Waals surface area contributed by atoms with Crippen LogP contribution in [0.4, 0.5) is 23.9 Å². The van der Waals surface area contributed by atoms with E-state index in [-0.39, 0.29) is 45.4 Å². The third kappa shape index (κ3) is 9.87. The van der Waals surface area contributed by atoms with Gasteiger partial charge in [0.1, 0.15) is 11.3 Å². The Labute approximate surface area is 326 Å². The number of methoxy groups -OCH3 is 2. The van der Waals surface area contributed by atoms with Crippen LogP contribution in [0.15, 0.2) is 74.4 Å². The molecular weight excluding hydrogens is 829 g/mol. The summed E-state index contributed by atoms with van der Waals surface area (Å²) in [6.45, 7) is 4.58. The van der Waals surface area contributed by atoms with E-state index >= 15 is 0 Å². The van der Waals surface area contributed by atoms with Crippen LogP contribution < -0.4 is 30.8 Å². The number of halogens is 4. The second-order valence-corrected chi connectivity index (χ2v) is 15.7. The molecule has 0 aliphatic rings. The lowest BCUT2D eigenvalue weighted by molar-refractivity contribution is -0.144. The third-order valence-corrected chi connectivity index (χ3v) is 10.8. The average Bonchev–Trinajstić information content (AvgIpc) is 3.55. The van der Waals surface area contributed by atoms with E-state index in [1.165, 1.54) is 57.7 Å². The van der Waals surface area contributed by atoms with Crippen LogP contribution >= 0.6 is 11.6 Å². The van der Waals surface area contributed by atoms with Crippen molar-refractivity contribution in [3.05, 3.63) is 91.8 Å². The number of esters is 1. The Morgan fingerprint density at radius 3 is 2.14 bits per heavy atom. The predicted octanol–water partition coefficient (Wildman–Crippen LogP) is 3.22. The number of benzene rings is 1. The van der Waals surface area contributed by atoms with Gasteiger partial charge in [-0.3, -0.25) is 19.1 Å². The zero-order valence-electron chi connectivity index (χ0n) is 30.5. The number of alkyl halides is 3. The highest BCUT2D eigenvalue weighted by atomic mass is 35.5. The molecule has 57 heavy (non-hydrogen) atoms. The van der Waals surface area contributed by atoms with Crippen molar-refractivity contribution in [3.63, 3.8) is 0 Å². The third-order valence-electron chi connectivity index (χ3n) is 7.32. The van der Waals surface area contributed by atoms with E-state index in [4.69, 9.17) is 25.8 Å². The van der Waals surface area contributed by atoms with E-state index in [1.54, 1.807) is 24.6 Å². The highest BCUT2D eigenvalue weighted by Crippen LogP contribution is 2.28. The van der Waals surface area contributed by atoms with Gasteiger partial charge in [-0.2, -0.15) is 31.6 Å². The van der Waals surface area contributed by atoms with E-state index in [0.717, 1.165) is 17.5 Å². The fraction of sp³-hybridized carbons (Fsp3) is 0.281. The number of pyridine rings is 1. The first kappa shape index (κ1) is 43.7. The largest absolute Gasteiger partial charge is 0.481 e. The van der Waals surface area contributed by atoms with E-state index < -0.39 is 71.1 Å². The Bertz CT molecular complexity index is 2680. The molecule has 5 aromatic rings. The first-order valence-electron chi connectivity index (χ1n) is 16.0. The molecule has 306 valence electrons. The molecule has 1 aromatic carbocycles. The SMILES string of the molecule is CC(C)OC(=O)c1cc(-n2c(=O)cc(C(F)(F)F)n(C)c2=O)ccc1Cl.CCS(=O)(=O)c1nc2ccccn2c1S(=O)(=O)NC(=O)Nc1nc(OC)cc(OC)n1. The molecule has 4 aromatic heterocycles. The number of nitrogens with zero attached hydrogens (tertiary/aromatic N) is 6. The zero-order chi connectivity index (χ0) is 42.6. The first-order valence-corrected chi connectivity index (χ1v) is 19.5. The van der Waals surface area contributed by atoms with E-state index in [1.807, 2.05) is 0 Å². The minimum atomic E-state index is -4.86. The molecule has 0 aliphatic carbocycles. The molecule has 0 aliphatic heterocycles. The van der Waals surface area contributed by atoms with E-state index in [9.17, 15) is 49.2 Å². The zero-order valence-corrected chi connectivity index (χ0v) is 32.9. The fourth-order valence-corrected chi connectivity index (χ4v) is 7.58. The maximum absolute atomic E-state index is 13.0. The van der Waals surface area contributed by atoms with Crippen molar-refractivity contribution in [3.8, 4) is 17.4 Å². The van der Waals surface area contributed by atoms with Gasteiger partial charge in [-0.25, -0.2) is 37.1 Å². The standard InChI is InChI=1S/C16H14ClF3N2O4.C16H18N6O7S2/c1-8(2)26-14(24)10-6-9(4-5-11(10)17)22-13(23)7-12(16(18,19)20)21(3)15(22)25;1-4-30(24,25)13-14(22-8-6-5-7-10(22)17-13)31(26,27)21-16(23)20-15-18-11(28-2)9-12(19-15)29-3/h4-8H,1-3H3;5-9H,4H2,1-3H3,(H2,18,19,20,21,23). The first-order chi connectivity index (χ1) is 26.5. The molecule has 0 saturated carbocycles. The summed E-state index contributed by atoms with van der Waals surface area (Å²) in [5, 5.41) is 0.793. The smallest absolute Gasteiger partial charge is 0.431 e. The number of ether oxygens (including phenoxy) is 3. The normalized spacial score (nSPS) is 11.8. The number of hydrogen-bond acceptors (Lipinski definition) is 14. The number of sulfone groups is 1. The lowest BCUT2D eigenvalue weighted by Gasteiger charge is -2.15. The maximum Gasteiger partial charge on any atom is 0.431 e. The number of anilines is 1. The number of amides is 2. The van der Waals surface area contributed by atoms with Gasteiger partial charge in [0.15, 0.2) is 19.9 Å². The maximum atomic E-state index is 13.0. The van der Waals surface area contributed by atoms with Crippen LogP contribution in [0.25, 0.3) is 11.3 Å². The summed E-state index contributed by atoms with van der Waals surface area (Å²) in [4.78, 5) is 60.4. The molecule has 0 fully saturated rings. The van der Waals surface area contributed by atoms with Gasteiger partial charge in [0.2, 0.25) is 17.7 Å². The van der Waals surface area contributed by atoms with Gasteiger partial charge in [0.05, 0.1) is 48.4 Å². The number of carbonyl (C=O) groups excluding carboxylic acids is 2. The van der Waals surface area contributed by atoms with Crippen molar-refractivity contribution in [1.29, 1.82) is 0 Å². The molecule has 0 atom stereocenters. The van der Waals surface area contributed by atoms with Gasteiger partial charge < -0.3 is 14.2 Å². The number of fused-ring (bicyclic) bond motifs is 1. The lowest BCUT2D eigenvalue weighted by atomic mass is 10.2. The minimum Gasteiger partial charge on any atom is -0.481 e. The summed E-state index contributed by atoms with van der Waals surface area (Å²) in [6.07, 6.45) is -3.98. The summed E-state index contributed by atoms with van der Waals surface area (Å²) in [7, 11) is -5.15. The van der Waals surface area contributed by atoms with Gasteiger partial charge in [-0.15, -0.1) is 0 Å². The van der Waals surface area contributed by atoms with Crippen molar-refractivity contribution in [2.24, 2.45) is 7.05 Å².